The molecule has 1 aromatic rings. The van der Waals surface area contributed by atoms with E-state index in [0.29, 0.717) is 11.3 Å². The Morgan fingerprint density at radius 3 is 2.39 bits per heavy atom. The molecule has 0 saturated carbocycles. The average molecular weight is 362 g/mol. The van der Waals surface area contributed by atoms with Gasteiger partial charge in [0.15, 0.2) is 0 Å². The van der Waals surface area contributed by atoms with Crippen molar-refractivity contribution in [3.63, 3.8) is 0 Å². The minimum atomic E-state index is -1.04. The quantitative estimate of drug-likeness (QED) is 0.562. The first kappa shape index (κ1) is 14.7. The lowest BCUT2D eigenvalue weighted by Gasteiger charge is -2.18. The van der Waals surface area contributed by atoms with Gasteiger partial charge in [0.2, 0.25) is 0 Å². The van der Waals surface area contributed by atoms with Crippen LogP contribution >= 0.6 is 22.6 Å². The highest BCUT2D eigenvalue weighted by atomic mass is 127. The van der Waals surface area contributed by atoms with Gasteiger partial charge < -0.3 is 16.2 Å². The molecular formula is C12H15IN2O3. The maximum atomic E-state index is 11.9. The number of hydrogen-bond donors (Lipinski definition) is 3. The maximum Gasteiger partial charge on any atom is 0.326 e. The molecule has 0 heterocycles. The number of rotatable bonds is 4. The van der Waals surface area contributed by atoms with Crippen molar-refractivity contribution < 1.29 is 14.7 Å². The van der Waals surface area contributed by atoms with Crippen molar-refractivity contribution in [1.29, 1.82) is 0 Å². The number of amides is 1. The predicted molar refractivity (Wildman–Crippen MR) is 77.3 cm³/mol. The minimum Gasteiger partial charge on any atom is -0.480 e. The van der Waals surface area contributed by atoms with E-state index in [1.54, 1.807) is 26.0 Å². The highest BCUT2D eigenvalue weighted by Gasteiger charge is 2.24. The van der Waals surface area contributed by atoms with Crippen LogP contribution in [0.3, 0.4) is 0 Å². The van der Waals surface area contributed by atoms with Crippen LogP contribution in [0.25, 0.3) is 0 Å². The van der Waals surface area contributed by atoms with E-state index in [9.17, 15) is 9.59 Å². The van der Waals surface area contributed by atoms with Crippen LogP contribution in [0.2, 0.25) is 0 Å². The smallest absolute Gasteiger partial charge is 0.326 e. The number of nitrogens with one attached hydrogen (secondary N) is 1. The summed E-state index contributed by atoms with van der Waals surface area (Å²) < 4.78 is 0.828. The third kappa shape index (κ3) is 3.86. The molecule has 98 valence electrons. The summed E-state index contributed by atoms with van der Waals surface area (Å²) in [6, 6.07) is 4.01. The molecule has 0 radical (unpaired) electrons. The molecule has 1 unspecified atom stereocenters. The van der Waals surface area contributed by atoms with E-state index in [4.69, 9.17) is 10.8 Å². The molecule has 0 aliphatic rings. The van der Waals surface area contributed by atoms with Crippen LogP contribution in [0.1, 0.15) is 24.2 Å². The summed E-state index contributed by atoms with van der Waals surface area (Å²) in [5.74, 6) is -1.66. The van der Waals surface area contributed by atoms with E-state index < -0.39 is 17.9 Å². The molecule has 0 aromatic heterocycles. The predicted octanol–water partition coefficient (Wildman–Crippen LogP) is 1.71. The Kier molecular flexibility index (Phi) is 4.94. The van der Waals surface area contributed by atoms with Crippen molar-refractivity contribution in [1.82, 2.24) is 5.32 Å². The molecular weight excluding hydrogens is 347 g/mol. The molecule has 4 N–H and O–H groups in total. The standard InChI is InChI=1S/C12H15IN2O3/c1-6(2)10(12(17)18)15-11(16)7-3-8(13)5-9(14)4-7/h3-6,10H,14H2,1-2H3,(H,15,16)(H,17,18). The van der Waals surface area contributed by atoms with Gasteiger partial charge in [-0.1, -0.05) is 13.8 Å². The monoisotopic (exact) mass is 362 g/mol. The first-order valence-electron chi connectivity index (χ1n) is 5.41. The Balaban J connectivity index is 2.90. The molecule has 1 atom stereocenters. The number of halogens is 1. The SMILES string of the molecule is CC(C)C(NC(=O)c1cc(N)cc(I)c1)C(=O)O. The Bertz CT molecular complexity index is 454. The summed E-state index contributed by atoms with van der Waals surface area (Å²) in [7, 11) is 0. The summed E-state index contributed by atoms with van der Waals surface area (Å²) in [5.41, 5.74) is 6.49. The van der Waals surface area contributed by atoms with E-state index in [-0.39, 0.29) is 5.92 Å². The molecule has 5 nitrogen and oxygen atoms in total. The lowest BCUT2D eigenvalue weighted by atomic mass is 10.0. The molecule has 1 aromatic carbocycles. The van der Waals surface area contributed by atoms with Crippen molar-refractivity contribution in [3.8, 4) is 0 Å². The normalized spacial score (nSPS) is 12.2. The lowest BCUT2D eigenvalue weighted by Crippen LogP contribution is -2.44. The number of nitrogen functional groups attached to an aromatic ring is 1. The highest BCUT2D eigenvalue weighted by molar-refractivity contribution is 14.1. The summed E-state index contributed by atoms with van der Waals surface area (Å²) in [5, 5.41) is 11.5. The maximum absolute atomic E-state index is 11.9. The fourth-order valence-corrected chi connectivity index (χ4v) is 2.18. The van der Waals surface area contributed by atoms with E-state index in [0.717, 1.165) is 3.57 Å². The van der Waals surface area contributed by atoms with Gasteiger partial charge in [0.05, 0.1) is 0 Å². The van der Waals surface area contributed by atoms with Gasteiger partial charge in [0.25, 0.3) is 5.91 Å². The molecule has 18 heavy (non-hydrogen) atoms. The Morgan fingerprint density at radius 2 is 1.94 bits per heavy atom. The average Bonchev–Trinajstić information content (AvgIpc) is 2.23. The van der Waals surface area contributed by atoms with Crippen LogP contribution in [0.5, 0.6) is 0 Å². The van der Waals surface area contributed by atoms with E-state index >= 15 is 0 Å². The van der Waals surface area contributed by atoms with Gasteiger partial charge in [0, 0.05) is 14.8 Å². The summed E-state index contributed by atoms with van der Waals surface area (Å²) in [6.07, 6.45) is 0. The van der Waals surface area contributed by atoms with Crippen LogP contribution in [0, 0.1) is 9.49 Å². The number of hydrogen-bond acceptors (Lipinski definition) is 3. The molecule has 0 aliphatic heterocycles. The zero-order valence-corrected chi connectivity index (χ0v) is 12.3. The van der Waals surface area contributed by atoms with Gasteiger partial charge in [-0.15, -0.1) is 0 Å². The number of nitrogens with two attached hydrogens (primary N) is 1. The van der Waals surface area contributed by atoms with Crippen LogP contribution in [-0.4, -0.2) is 23.0 Å². The number of carboxylic acids is 1. The van der Waals surface area contributed by atoms with E-state index in [1.165, 1.54) is 6.07 Å². The Hall–Kier alpha value is -1.31. The van der Waals surface area contributed by atoms with E-state index in [1.807, 2.05) is 22.6 Å². The van der Waals surface area contributed by atoms with Crippen LogP contribution in [0.4, 0.5) is 5.69 Å². The third-order valence-electron chi connectivity index (χ3n) is 2.40. The van der Waals surface area contributed by atoms with Crippen LogP contribution < -0.4 is 11.1 Å². The molecule has 1 rings (SSSR count). The molecule has 6 heteroatoms. The van der Waals surface area contributed by atoms with Gasteiger partial charge in [-0.3, -0.25) is 4.79 Å². The van der Waals surface area contributed by atoms with Crippen LogP contribution in [0.15, 0.2) is 18.2 Å². The number of carbonyl (C=O) groups excluding carboxylic acids is 1. The second-order valence-corrected chi connectivity index (χ2v) is 5.55. The fraction of sp³-hybridized carbons (Fsp3) is 0.333. The van der Waals surface area contributed by atoms with Crippen molar-refractivity contribution in [3.05, 3.63) is 27.3 Å². The molecule has 0 bridgehead atoms. The first-order chi connectivity index (χ1) is 8.31. The number of anilines is 1. The zero-order chi connectivity index (χ0) is 13.9. The van der Waals surface area contributed by atoms with Gasteiger partial charge in [-0.25, -0.2) is 4.79 Å². The fourth-order valence-electron chi connectivity index (χ4n) is 1.48. The highest BCUT2D eigenvalue weighted by Crippen LogP contribution is 2.14. The molecule has 1 amide bonds. The zero-order valence-electron chi connectivity index (χ0n) is 10.1. The third-order valence-corrected chi connectivity index (χ3v) is 3.02. The second kappa shape index (κ2) is 6.03. The lowest BCUT2D eigenvalue weighted by molar-refractivity contribution is -0.140. The number of carboxylic acid groups (broad SMARTS) is 1. The van der Waals surface area contributed by atoms with Crippen LogP contribution in [-0.2, 0) is 4.79 Å². The van der Waals surface area contributed by atoms with Gasteiger partial charge >= 0.3 is 5.97 Å². The largest absolute Gasteiger partial charge is 0.480 e. The van der Waals surface area contributed by atoms with Crippen molar-refractivity contribution in [2.75, 3.05) is 5.73 Å². The Morgan fingerprint density at radius 1 is 1.33 bits per heavy atom. The van der Waals surface area contributed by atoms with Crippen molar-refractivity contribution in [2.45, 2.75) is 19.9 Å². The summed E-state index contributed by atoms with van der Waals surface area (Å²) >= 11 is 2.05. The van der Waals surface area contributed by atoms with Gasteiger partial charge in [0.1, 0.15) is 6.04 Å². The summed E-state index contributed by atoms with van der Waals surface area (Å²) in [4.78, 5) is 22.9. The minimum absolute atomic E-state index is 0.188. The molecule has 0 fully saturated rings. The topological polar surface area (TPSA) is 92.4 Å². The number of aliphatic carboxylic acids is 1. The van der Waals surface area contributed by atoms with Gasteiger partial charge in [-0.05, 0) is 46.7 Å². The van der Waals surface area contributed by atoms with Crippen molar-refractivity contribution >= 4 is 40.2 Å². The second-order valence-electron chi connectivity index (χ2n) is 4.31. The number of benzene rings is 1. The number of carbonyl (C=O) groups is 2. The molecule has 0 aliphatic carbocycles. The summed E-state index contributed by atoms with van der Waals surface area (Å²) in [6.45, 7) is 3.48. The Labute approximate surface area is 119 Å². The van der Waals surface area contributed by atoms with E-state index in [2.05, 4.69) is 5.32 Å². The first-order valence-corrected chi connectivity index (χ1v) is 6.49. The van der Waals surface area contributed by atoms with Gasteiger partial charge in [-0.2, -0.15) is 0 Å². The van der Waals surface area contributed by atoms with Crippen molar-refractivity contribution in [2.24, 2.45) is 5.92 Å². The molecule has 0 saturated heterocycles. The molecule has 0 spiro atoms.